The maximum Gasteiger partial charge on any atom is 0.0706 e. The molecule has 1 aliphatic heterocycles. The van der Waals surface area contributed by atoms with Gasteiger partial charge in [-0.05, 0) is 30.9 Å². The van der Waals surface area contributed by atoms with Crippen molar-refractivity contribution in [2.45, 2.75) is 19.4 Å². The molecule has 0 bridgehead atoms. The number of pyridine rings is 1. The third-order valence-electron chi connectivity index (χ3n) is 3.51. The van der Waals surface area contributed by atoms with Gasteiger partial charge in [-0.2, -0.15) is 5.10 Å². The van der Waals surface area contributed by atoms with Crippen LogP contribution in [-0.4, -0.2) is 29.4 Å². The summed E-state index contributed by atoms with van der Waals surface area (Å²) in [5, 5.41) is 7.85. The van der Waals surface area contributed by atoms with Crippen molar-refractivity contribution in [3.05, 3.63) is 36.2 Å². The number of ether oxygens (including phenoxy) is 1. The van der Waals surface area contributed by atoms with Gasteiger partial charge in [0.25, 0.3) is 0 Å². The van der Waals surface area contributed by atoms with E-state index in [2.05, 4.69) is 22.5 Å². The normalized spacial score (nSPS) is 20.3. The Hall–Kier alpha value is -1.39. The van der Waals surface area contributed by atoms with Crippen LogP contribution in [0.15, 0.2) is 30.6 Å². The lowest BCUT2D eigenvalue weighted by Gasteiger charge is -2.22. The largest absolute Gasteiger partial charge is 0.381 e. The minimum atomic E-state index is 0.667. The fourth-order valence-electron chi connectivity index (χ4n) is 2.50. The molecule has 3 rings (SSSR count). The molecule has 1 unspecified atom stereocenters. The topological polar surface area (TPSA) is 38.6 Å². The Kier molecular flexibility index (Phi) is 3.57. The summed E-state index contributed by atoms with van der Waals surface area (Å²) in [6.07, 6.45) is 6.40. The molecule has 1 atom stereocenters. The third-order valence-corrected chi connectivity index (χ3v) is 3.51. The van der Waals surface area contributed by atoms with E-state index in [1.165, 1.54) is 23.9 Å². The maximum atomic E-state index is 5.48. The molecule has 18 heavy (non-hydrogen) atoms. The second-order valence-corrected chi connectivity index (χ2v) is 4.91. The summed E-state index contributed by atoms with van der Waals surface area (Å²) >= 11 is 0. The molecule has 4 nitrogen and oxygen atoms in total. The van der Waals surface area contributed by atoms with Crippen molar-refractivity contribution in [1.82, 2.24) is 14.9 Å². The minimum Gasteiger partial charge on any atom is -0.381 e. The lowest BCUT2D eigenvalue weighted by Crippen LogP contribution is -2.28. The van der Waals surface area contributed by atoms with Gasteiger partial charge in [0.1, 0.15) is 0 Å². The van der Waals surface area contributed by atoms with Crippen molar-refractivity contribution in [3.63, 3.8) is 0 Å². The Morgan fingerprint density at radius 2 is 2.44 bits per heavy atom. The van der Waals surface area contributed by atoms with E-state index < -0.39 is 0 Å². The van der Waals surface area contributed by atoms with Crippen LogP contribution >= 0.6 is 0 Å². The van der Waals surface area contributed by atoms with E-state index in [9.17, 15) is 0 Å². The first-order valence-corrected chi connectivity index (χ1v) is 6.63. The minimum absolute atomic E-state index is 0.667. The van der Waals surface area contributed by atoms with Gasteiger partial charge in [-0.25, -0.2) is 4.52 Å². The SMILES string of the molecule is c1ccn2ncc(CNCC3CCCOC3)c2c1. The van der Waals surface area contributed by atoms with Crippen LogP contribution < -0.4 is 5.32 Å². The predicted octanol–water partition coefficient (Wildman–Crippen LogP) is 1.85. The number of hydrogen-bond donors (Lipinski definition) is 1. The number of fused-ring (bicyclic) bond motifs is 1. The third kappa shape index (κ3) is 2.54. The van der Waals surface area contributed by atoms with E-state index in [0.29, 0.717) is 5.92 Å². The summed E-state index contributed by atoms with van der Waals surface area (Å²) < 4.78 is 7.40. The van der Waals surface area contributed by atoms with E-state index >= 15 is 0 Å². The zero-order valence-corrected chi connectivity index (χ0v) is 10.5. The van der Waals surface area contributed by atoms with E-state index in [4.69, 9.17) is 4.74 Å². The Morgan fingerprint density at radius 1 is 1.44 bits per heavy atom. The molecule has 0 amide bonds. The Labute approximate surface area is 107 Å². The fraction of sp³-hybridized carbons (Fsp3) is 0.500. The van der Waals surface area contributed by atoms with Gasteiger partial charge in [-0.15, -0.1) is 0 Å². The van der Waals surface area contributed by atoms with Crippen LogP contribution in [0.4, 0.5) is 0 Å². The van der Waals surface area contributed by atoms with Gasteiger partial charge in [0.05, 0.1) is 18.3 Å². The lowest BCUT2D eigenvalue weighted by atomic mass is 10.0. The number of hydrogen-bond acceptors (Lipinski definition) is 3. The van der Waals surface area contributed by atoms with Crippen LogP contribution in [0.5, 0.6) is 0 Å². The van der Waals surface area contributed by atoms with Gasteiger partial charge in [0, 0.05) is 31.5 Å². The molecule has 2 aromatic heterocycles. The highest BCUT2D eigenvalue weighted by Crippen LogP contribution is 2.13. The van der Waals surface area contributed by atoms with Gasteiger partial charge in [0.15, 0.2) is 0 Å². The zero-order valence-electron chi connectivity index (χ0n) is 10.5. The first-order chi connectivity index (χ1) is 8.93. The highest BCUT2D eigenvalue weighted by atomic mass is 16.5. The molecular formula is C14H19N3O. The van der Waals surface area contributed by atoms with Crippen LogP contribution in [-0.2, 0) is 11.3 Å². The van der Waals surface area contributed by atoms with Gasteiger partial charge in [-0.3, -0.25) is 0 Å². The first kappa shape index (κ1) is 11.7. The molecule has 96 valence electrons. The predicted molar refractivity (Wildman–Crippen MR) is 70.4 cm³/mol. The highest BCUT2D eigenvalue weighted by molar-refractivity contribution is 5.53. The number of aromatic nitrogens is 2. The van der Waals surface area contributed by atoms with Gasteiger partial charge in [0.2, 0.25) is 0 Å². The Balaban J connectivity index is 1.56. The van der Waals surface area contributed by atoms with Crippen LogP contribution in [0.3, 0.4) is 0 Å². The zero-order chi connectivity index (χ0) is 12.2. The maximum absolute atomic E-state index is 5.48. The van der Waals surface area contributed by atoms with E-state index in [1.54, 1.807) is 0 Å². The molecule has 2 aromatic rings. The molecule has 1 saturated heterocycles. The summed E-state index contributed by atoms with van der Waals surface area (Å²) in [5.74, 6) is 0.667. The second kappa shape index (κ2) is 5.50. The second-order valence-electron chi connectivity index (χ2n) is 4.91. The quantitative estimate of drug-likeness (QED) is 0.893. The summed E-state index contributed by atoms with van der Waals surface area (Å²) in [6, 6.07) is 6.15. The standard InChI is InChI=1S/C14H19N3O/c1-2-6-17-14(5-1)13(10-16-17)9-15-8-12-4-3-7-18-11-12/h1-2,5-6,10,12,15H,3-4,7-9,11H2. The average Bonchev–Trinajstić information content (AvgIpc) is 2.84. The molecule has 1 fully saturated rings. The molecule has 0 spiro atoms. The van der Waals surface area contributed by atoms with E-state index in [1.807, 2.05) is 23.0 Å². The molecular weight excluding hydrogens is 226 g/mol. The van der Waals surface area contributed by atoms with Crippen LogP contribution in [0, 0.1) is 5.92 Å². The molecule has 3 heterocycles. The first-order valence-electron chi connectivity index (χ1n) is 6.63. The van der Waals surface area contributed by atoms with Crippen molar-refractivity contribution in [2.75, 3.05) is 19.8 Å². The van der Waals surface area contributed by atoms with Crippen molar-refractivity contribution in [1.29, 1.82) is 0 Å². The van der Waals surface area contributed by atoms with E-state index in [0.717, 1.165) is 26.3 Å². The summed E-state index contributed by atoms with van der Waals surface area (Å²) in [4.78, 5) is 0. The molecule has 4 heteroatoms. The van der Waals surface area contributed by atoms with Crippen molar-refractivity contribution < 1.29 is 4.74 Å². The number of rotatable bonds is 4. The number of nitrogens with one attached hydrogen (secondary N) is 1. The van der Waals surface area contributed by atoms with Crippen molar-refractivity contribution >= 4 is 5.52 Å². The molecule has 0 aromatic carbocycles. The summed E-state index contributed by atoms with van der Waals surface area (Å²) in [6.45, 7) is 3.75. The summed E-state index contributed by atoms with van der Waals surface area (Å²) in [5.41, 5.74) is 2.44. The van der Waals surface area contributed by atoms with Crippen LogP contribution in [0.1, 0.15) is 18.4 Å². The molecule has 0 aliphatic carbocycles. The van der Waals surface area contributed by atoms with Crippen molar-refractivity contribution in [3.8, 4) is 0 Å². The lowest BCUT2D eigenvalue weighted by molar-refractivity contribution is 0.0547. The van der Waals surface area contributed by atoms with E-state index in [-0.39, 0.29) is 0 Å². The molecule has 0 radical (unpaired) electrons. The summed E-state index contributed by atoms with van der Waals surface area (Å²) in [7, 11) is 0. The Bertz CT molecular complexity index is 502. The molecule has 1 N–H and O–H groups in total. The van der Waals surface area contributed by atoms with Crippen LogP contribution in [0.2, 0.25) is 0 Å². The monoisotopic (exact) mass is 245 g/mol. The Morgan fingerprint density at radius 3 is 3.33 bits per heavy atom. The fourth-order valence-corrected chi connectivity index (χ4v) is 2.50. The van der Waals surface area contributed by atoms with Crippen LogP contribution in [0.25, 0.3) is 5.52 Å². The average molecular weight is 245 g/mol. The highest BCUT2D eigenvalue weighted by Gasteiger charge is 2.13. The van der Waals surface area contributed by atoms with Gasteiger partial charge >= 0.3 is 0 Å². The van der Waals surface area contributed by atoms with Crippen molar-refractivity contribution in [2.24, 2.45) is 5.92 Å². The van der Waals surface area contributed by atoms with Gasteiger partial charge < -0.3 is 10.1 Å². The molecule has 0 saturated carbocycles. The molecule has 1 aliphatic rings. The smallest absolute Gasteiger partial charge is 0.0706 e. The number of nitrogens with zero attached hydrogens (tertiary/aromatic N) is 2. The van der Waals surface area contributed by atoms with Gasteiger partial charge in [-0.1, -0.05) is 6.07 Å².